The van der Waals surface area contributed by atoms with E-state index >= 15 is 0 Å². The van der Waals surface area contributed by atoms with Crippen molar-refractivity contribution in [2.24, 2.45) is 28.6 Å². The molecule has 0 N–H and O–H groups in total. The molecule has 0 aromatic heterocycles. The number of rotatable bonds is 4. The van der Waals surface area contributed by atoms with Gasteiger partial charge in [-0.1, -0.05) is 37.6 Å². The monoisotopic (exact) mass is 448 g/mol. The lowest BCUT2D eigenvalue weighted by Gasteiger charge is -2.55. The molecule has 176 valence electrons. The van der Waals surface area contributed by atoms with Crippen molar-refractivity contribution >= 4 is 11.9 Å². The summed E-state index contributed by atoms with van der Waals surface area (Å²) in [6.07, 6.45) is 15.8. The van der Waals surface area contributed by atoms with Crippen molar-refractivity contribution in [1.82, 2.24) is 0 Å². The Bertz CT molecular complexity index is 1040. The largest absolute Gasteiger partial charge is 0.493 e. The lowest BCUT2D eigenvalue weighted by atomic mass is 9.48. The number of Topliss-reactive ketones (excluding diaryl/α,β-unsaturated/α-hetero) is 1. The van der Waals surface area contributed by atoms with Crippen LogP contribution >= 0.6 is 0 Å². The summed E-state index contributed by atoms with van der Waals surface area (Å²) >= 11 is 0. The van der Waals surface area contributed by atoms with Crippen molar-refractivity contribution in [3.63, 3.8) is 0 Å². The normalized spacial score (nSPS) is 36.0. The maximum Gasteiger partial charge on any atom is 0.203 e. The Morgan fingerprint density at radius 3 is 2.33 bits per heavy atom. The predicted octanol–water partition coefficient (Wildman–Crippen LogP) is 6.40. The van der Waals surface area contributed by atoms with Crippen molar-refractivity contribution in [3.05, 3.63) is 47.1 Å². The minimum absolute atomic E-state index is 0.0608. The molecule has 4 nitrogen and oxygen atoms in total. The first-order valence-corrected chi connectivity index (χ1v) is 12.3. The van der Waals surface area contributed by atoms with Gasteiger partial charge in [-0.25, -0.2) is 0 Å². The van der Waals surface area contributed by atoms with Gasteiger partial charge in [-0.15, -0.1) is 0 Å². The van der Waals surface area contributed by atoms with Gasteiger partial charge < -0.3 is 14.2 Å². The van der Waals surface area contributed by atoms with Gasteiger partial charge in [-0.05, 0) is 79.2 Å². The molecule has 4 aliphatic rings. The zero-order valence-electron chi connectivity index (χ0n) is 20.6. The van der Waals surface area contributed by atoms with E-state index in [1.165, 1.54) is 17.6 Å². The van der Waals surface area contributed by atoms with Crippen molar-refractivity contribution in [2.45, 2.75) is 52.4 Å². The van der Waals surface area contributed by atoms with E-state index in [4.69, 9.17) is 14.2 Å². The van der Waals surface area contributed by atoms with E-state index in [9.17, 15) is 4.79 Å². The van der Waals surface area contributed by atoms with Crippen LogP contribution in [0.4, 0.5) is 0 Å². The summed E-state index contributed by atoms with van der Waals surface area (Å²) in [5.41, 5.74) is 3.80. The van der Waals surface area contributed by atoms with Crippen LogP contribution in [-0.2, 0) is 4.79 Å². The molecule has 0 bridgehead atoms. The Morgan fingerprint density at radius 1 is 0.939 bits per heavy atom. The van der Waals surface area contributed by atoms with Gasteiger partial charge in [0.25, 0.3) is 0 Å². The number of hydrogen-bond acceptors (Lipinski definition) is 4. The van der Waals surface area contributed by atoms with E-state index in [0.717, 1.165) is 37.7 Å². The third-order valence-electron chi connectivity index (χ3n) is 9.34. The Labute approximate surface area is 197 Å². The third-order valence-corrected chi connectivity index (χ3v) is 9.34. The number of allylic oxidation sites excluding steroid dienone is 5. The summed E-state index contributed by atoms with van der Waals surface area (Å²) in [7, 11) is 4.92. The zero-order chi connectivity index (χ0) is 23.4. The summed E-state index contributed by atoms with van der Waals surface area (Å²) in [5.74, 6) is 4.35. The number of carbonyl (C=O) groups excluding carboxylic acids is 1. The number of fused-ring (bicyclic) bond motifs is 5. The summed E-state index contributed by atoms with van der Waals surface area (Å²) in [4.78, 5) is 12.7. The molecular formula is C29H36O4. The first-order valence-electron chi connectivity index (χ1n) is 12.3. The van der Waals surface area contributed by atoms with Crippen LogP contribution in [0, 0.1) is 28.6 Å². The van der Waals surface area contributed by atoms with Crippen LogP contribution in [0.5, 0.6) is 17.2 Å². The number of hydrogen-bond donors (Lipinski definition) is 0. The lowest BCUT2D eigenvalue weighted by molar-refractivity contribution is -0.131. The molecule has 0 amide bonds. The molecule has 0 radical (unpaired) electrons. The fraction of sp³-hybridized carbons (Fsp3) is 0.552. The van der Waals surface area contributed by atoms with Crippen LogP contribution in [-0.4, -0.2) is 27.1 Å². The van der Waals surface area contributed by atoms with Gasteiger partial charge in [0.2, 0.25) is 5.75 Å². The van der Waals surface area contributed by atoms with Gasteiger partial charge in [0.1, 0.15) is 5.78 Å². The van der Waals surface area contributed by atoms with Gasteiger partial charge in [-0.3, -0.25) is 4.79 Å². The standard InChI is InChI=1S/C29H36O4/c1-28-12-10-18(14-19-16-24(31-3)27(33-5)25(17-19)32-4)15-20(28)6-7-21-22-8-9-26(30)29(22,2)13-11-23(21)28/h10,12,14-17,21-23H,6-9,11,13H2,1-5H3/t21-,22-,23-,28-,29-/m0/s1. The summed E-state index contributed by atoms with van der Waals surface area (Å²) in [6.45, 7) is 4.69. The Hall–Kier alpha value is -2.49. The molecule has 0 unspecified atom stereocenters. The fourth-order valence-corrected chi connectivity index (χ4v) is 7.48. The van der Waals surface area contributed by atoms with Crippen molar-refractivity contribution < 1.29 is 19.0 Å². The minimum Gasteiger partial charge on any atom is -0.493 e. The van der Waals surface area contributed by atoms with Gasteiger partial charge in [0.15, 0.2) is 11.5 Å². The van der Waals surface area contributed by atoms with Gasteiger partial charge in [0.05, 0.1) is 21.3 Å². The van der Waals surface area contributed by atoms with Crippen molar-refractivity contribution in [2.75, 3.05) is 21.3 Å². The van der Waals surface area contributed by atoms with Crippen LogP contribution in [0.2, 0.25) is 0 Å². The van der Waals surface area contributed by atoms with Gasteiger partial charge in [0, 0.05) is 17.3 Å². The van der Waals surface area contributed by atoms with E-state index in [2.05, 4.69) is 38.2 Å². The number of benzene rings is 1. The van der Waals surface area contributed by atoms with Crippen LogP contribution < -0.4 is 14.2 Å². The molecule has 3 fully saturated rings. The molecule has 0 spiro atoms. The third kappa shape index (κ3) is 3.36. The van der Waals surface area contributed by atoms with Crippen LogP contribution in [0.15, 0.2) is 41.5 Å². The van der Waals surface area contributed by atoms with E-state index in [0.29, 0.717) is 40.8 Å². The highest BCUT2D eigenvalue weighted by molar-refractivity contribution is 5.87. The minimum atomic E-state index is -0.0608. The smallest absolute Gasteiger partial charge is 0.203 e. The second kappa shape index (κ2) is 8.07. The van der Waals surface area contributed by atoms with Crippen LogP contribution in [0.3, 0.4) is 0 Å². The number of carbonyl (C=O) groups is 1. The summed E-state index contributed by atoms with van der Waals surface area (Å²) in [6, 6.07) is 3.98. The van der Waals surface area contributed by atoms with E-state index in [1.807, 2.05) is 12.1 Å². The Morgan fingerprint density at radius 2 is 1.67 bits per heavy atom. The molecule has 1 aromatic rings. The maximum absolute atomic E-state index is 12.7. The summed E-state index contributed by atoms with van der Waals surface area (Å²) < 4.78 is 16.5. The molecule has 33 heavy (non-hydrogen) atoms. The molecule has 4 aliphatic carbocycles. The average Bonchev–Trinajstić information content (AvgIpc) is 3.13. The first kappa shape index (κ1) is 22.3. The van der Waals surface area contributed by atoms with Crippen molar-refractivity contribution in [1.29, 1.82) is 0 Å². The lowest BCUT2D eigenvalue weighted by Crippen LogP contribution is -2.49. The van der Waals surface area contributed by atoms with Gasteiger partial charge >= 0.3 is 0 Å². The van der Waals surface area contributed by atoms with E-state index in [-0.39, 0.29) is 10.8 Å². The first-order chi connectivity index (χ1) is 15.8. The maximum atomic E-state index is 12.7. The molecule has 5 rings (SSSR count). The van der Waals surface area contributed by atoms with Crippen molar-refractivity contribution in [3.8, 4) is 17.2 Å². The fourth-order valence-electron chi connectivity index (χ4n) is 7.48. The summed E-state index contributed by atoms with van der Waals surface area (Å²) in [5, 5.41) is 0. The highest BCUT2D eigenvalue weighted by Gasteiger charge is 2.58. The molecule has 1 aromatic carbocycles. The zero-order valence-corrected chi connectivity index (χ0v) is 20.6. The molecular weight excluding hydrogens is 412 g/mol. The van der Waals surface area contributed by atoms with Crippen LogP contribution in [0.25, 0.3) is 6.08 Å². The second-order valence-corrected chi connectivity index (χ2v) is 10.7. The Kier molecular flexibility index (Phi) is 5.46. The van der Waals surface area contributed by atoms with Crippen LogP contribution in [0.1, 0.15) is 57.9 Å². The topological polar surface area (TPSA) is 44.8 Å². The van der Waals surface area contributed by atoms with Gasteiger partial charge in [-0.2, -0.15) is 0 Å². The van der Waals surface area contributed by atoms with E-state index in [1.54, 1.807) is 21.3 Å². The number of ketones is 1. The predicted molar refractivity (Wildman–Crippen MR) is 131 cm³/mol. The number of methoxy groups -OCH3 is 3. The molecule has 0 heterocycles. The molecule has 0 saturated heterocycles. The Balaban J connectivity index is 1.44. The highest BCUT2D eigenvalue weighted by atomic mass is 16.5. The molecule has 0 aliphatic heterocycles. The highest BCUT2D eigenvalue weighted by Crippen LogP contribution is 2.63. The quantitative estimate of drug-likeness (QED) is 0.534. The molecule has 3 saturated carbocycles. The molecule has 5 atom stereocenters. The van der Waals surface area contributed by atoms with E-state index < -0.39 is 0 Å². The average molecular weight is 449 g/mol. The second-order valence-electron chi connectivity index (χ2n) is 10.7. The number of ether oxygens (including phenoxy) is 3. The molecule has 4 heteroatoms. The SMILES string of the molecule is COc1cc(C=C2C=C[C@@]3(C)C(=C2)CC[C@@H]2[C@@H]3CC[C@]3(C)C(=O)CC[C@@H]23)cc(OC)c1OC.